The van der Waals surface area contributed by atoms with Gasteiger partial charge in [0, 0.05) is 24.8 Å². The van der Waals surface area contributed by atoms with Crippen LogP contribution >= 0.6 is 0 Å². The van der Waals surface area contributed by atoms with E-state index in [4.69, 9.17) is 9.47 Å². The molecule has 0 aliphatic heterocycles. The zero-order valence-electron chi connectivity index (χ0n) is 22.8. The van der Waals surface area contributed by atoms with Gasteiger partial charge in [0.2, 0.25) is 11.6 Å². The highest BCUT2D eigenvalue weighted by atomic mass is 16.6. The lowest BCUT2D eigenvalue weighted by molar-refractivity contribution is -0.264. The first-order chi connectivity index (χ1) is 18.1. The first-order valence-corrected chi connectivity index (χ1v) is 13.0. The summed E-state index contributed by atoms with van der Waals surface area (Å²) < 4.78 is 11.0. The number of allylic oxidation sites excluding steroid dienone is 1. The van der Waals surface area contributed by atoms with Crippen molar-refractivity contribution in [3.05, 3.63) is 47.0 Å². The zero-order valence-corrected chi connectivity index (χ0v) is 22.8. The third kappa shape index (κ3) is 4.07. The van der Waals surface area contributed by atoms with Gasteiger partial charge in [-0.2, -0.15) is 0 Å². The van der Waals surface area contributed by atoms with Crippen molar-refractivity contribution >= 4 is 23.5 Å². The number of esters is 2. The molecule has 0 bridgehead atoms. The predicted octanol–water partition coefficient (Wildman–Crippen LogP) is 1.27. The van der Waals surface area contributed by atoms with Crippen LogP contribution in [0.2, 0.25) is 0 Å². The van der Waals surface area contributed by atoms with Gasteiger partial charge in [-0.15, -0.1) is 0 Å². The Kier molecular flexibility index (Phi) is 7.17. The van der Waals surface area contributed by atoms with Crippen LogP contribution in [0.25, 0.3) is 0 Å². The van der Waals surface area contributed by atoms with Gasteiger partial charge in [-0.25, -0.2) is 4.79 Å². The van der Waals surface area contributed by atoms with Gasteiger partial charge in [0.1, 0.15) is 17.8 Å². The van der Waals surface area contributed by atoms with Crippen LogP contribution in [0.4, 0.5) is 0 Å². The number of hydrogen-bond donors (Lipinski definition) is 4. The number of carbonyl (C=O) groups excluding carboxylic acids is 4. The summed E-state index contributed by atoms with van der Waals surface area (Å²) in [5, 5.41) is 46.3. The lowest BCUT2D eigenvalue weighted by Crippen LogP contribution is -2.72. The first kappa shape index (κ1) is 29.1. The number of fused-ring (bicyclic) bond motifs is 2. The molecule has 0 amide bonds. The molecule has 0 spiro atoms. The Bertz CT molecular complexity index is 1240. The Hall–Kier alpha value is -2.92. The number of Topliss-reactive ketones (excluding diaryl/α,β-unsaturated/α-hetero) is 2. The summed E-state index contributed by atoms with van der Waals surface area (Å²) in [6, 6.07) is 8.13. The molecule has 3 aliphatic rings. The highest BCUT2D eigenvalue weighted by molar-refractivity contribution is 6.46. The van der Waals surface area contributed by atoms with E-state index >= 15 is 0 Å². The summed E-state index contributed by atoms with van der Waals surface area (Å²) in [6.45, 7) is 6.27. The van der Waals surface area contributed by atoms with Gasteiger partial charge in [-0.05, 0) is 52.7 Å². The van der Waals surface area contributed by atoms with E-state index in [9.17, 15) is 39.6 Å². The standard InChI is InChI=1S/C29H36O10/c1-15-11-12-28(26(3,4)39-25(36)17-9-7-6-8-10-17)20(15)21(33)23(34)27(5)18(31)13-19(32)29(37,14-38-16(2)30)22(27)24(28)35/h6-10,18-19,22,24,31-32,35,37H,11-14H2,1-5H3/t18-,19-,22-,24-,27+,28-,29-/m0/s1. The monoisotopic (exact) mass is 544 g/mol. The number of carbonyl (C=O) groups is 4. The van der Waals surface area contributed by atoms with E-state index in [2.05, 4.69) is 0 Å². The van der Waals surface area contributed by atoms with Gasteiger partial charge in [0.25, 0.3) is 0 Å². The number of ether oxygens (including phenoxy) is 2. The molecule has 7 atom stereocenters. The maximum atomic E-state index is 14.0. The minimum absolute atomic E-state index is 0.0296. The van der Waals surface area contributed by atoms with Crippen molar-refractivity contribution in [2.24, 2.45) is 16.7 Å². The van der Waals surface area contributed by atoms with E-state index in [1.807, 2.05) is 0 Å². The van der Waals surface area contributed by atoms with Gasteiger partial charge in [0.15, 0.2) is 0 Å². The molecule has 0 unspecified atom stereocenters. The van der Waals surface area contributed by atoms with E-state index < -0.39 is 82.8 Å². The predicted molar refractivity (Wildman–Crippen MR) is 136 cm³/mol. The molecule has 1 aromatic rings. The van der Waals surface area contributed by atoms with Gasteiger partial charge >= 0.3 is 11.9 Å². The SMILES string of the molecule is CC(=O)OC[C@@]1(O)[C@H]2[C@H](O)[C@]3(C(C)(C)OC(=O)c4ccccc4)CCC(C)=C3C(=O)C(=O)[C@]2(C)[C@@H](O)C[C@@H]1O. The maximum Gasteiger partial charge on any atom is 0.338 e. The smallest absolute Gasteiger partial charge is 0.338 e. The van der Waals surface area contributed by atoms with E-state index in [1.165, 1.54) is 20.8 Å². The number of benzene rings is 1. The number of aliphatic hydroxyl groups excluding tert-OH is 3. The molecule has 0 aromatic heterocycles. The van der Waals surface area contributed by atoms with Gasteiger partial charge < -0.3 is 29.9 Å². The van der Waals surface area contributed by atoms with Crippen molar-refractivity contribution in [1.82, 2.24) is 0 Å². The first-order valence-electron chi connectivity index (χ1n) is 13.0. The molecule has 4 N–H and O–H groups in total. The molecule has 2 fully saturated rings. The third-order valence-electron chi connectivity index (χ3n) is 9.35. The quantitative estimate of drug-likeness (QED) is 0.313. The second-order valence-corrected chi connectivity index (χ2v) is 11.8. The Morgan fingerprint density at radius 2 is 1.69 bits per heavy atom. The van der Waals surface area contributed by atoms with E-state index in [0.29, 0.717) is 5.57 Å². The fraction of sp³-hybridized carbons (Fsp3) is 0.586. The zero-order chi connectivity index (χ0) is 29.1. The van der Waals surface area contributed by atoms with Crippen molar-refractivity contribution in [3.8, 4) is 0 Å². The molecule has 10 heteroatoms. The van der Waals surface area contributed by atoms with Crippen LogP contribution in [-0.4, -0.2) is 80.1 Å². The van der Waals surface area contributed by atoms with Crippen LogP contribution in [-0.2, 0) is 23.9 Å². The molecular weight excluding hydrogens is 508 g/mol. The van der Waals surface area contributed by atoms with E-state index in [1.54, 1.807) is 37.3 Å². The van der Waals surface area contributed by atoms with Crippen molar-refractivity contribution < 1.29 is 49.1 Å². The minimum atomic E-state index is -2.42. The fourth-order valence-corrected chi connectivity index (χ4v) is 7.16. The average molecular weight is 545 g/mol. The van der Waals surface area contributed by atoms with Gasteiger partial charge in [0.05, 0.1) is 34.7 Å². The molecule has 0 saturated heterocycles. The van der Waals surface area contributed by atoms with E-state index in [0.717, 1.165) is 6.92 Å². The Morgan fingerprint density at radius 3 is 2.28 bits per heavy atom. The summed E-state index contributed by atoms with van der Waals surface area (Å²) in [5.74, 6) is -5.19. The molecule has 0 radical (unpaired) electrons. The maximum absolute atomic E-state index is 14.0. The number of ketones is 2. The molecule has 1 aromatic carbocycles. The fourth-order valence-electron chi connectivity index (χ4n) is 7.16. The molecule has 2 saturated carbocycles. The number of rotatable bonds is 5. The number of aliphatic hydroxyl groups is 4. The lowest BCUT2D eigenvalue weighted by Gasteiger charge is -2.58. The van der Waals surface area contributed by atoms with Crippen molar-refractivity contribution in [1.29, 1.82) is 0 Å². The van der Waals surface area contributed by atoms with Crippen LogP contribution in [0.15, 0.2) is 41.5 Å². The average Bonchev–Trinajstić information content (AvgIpc) is 3.21. The highest BCUT2D eigenvalue weighted by Crippen LogP contribution is 2.63. The van der Waals surface area contributed by atoms with E-state index in [-0.39, 0.29) is 24.0 Å². The topological polar surface area (TPSA) is 168 Å². The van der Waals surface area contributed by atoms with Gasteiger partial charge in [-0.1, -0.05) is 23.8 Å². The van der Waals surface area contributed by atoms with Crippen LogP contribution in [0.1, 0.15) is 64.2 Å². The largest absolute Gasteiger partial charge is 0.463 e. The van der Waals surface area contributed by atoms with Crippen molar-refractivity contribution in [2.45, 2.75) is 83.4 Å². The number of hydrogen-bond acceptors (Lipinski definition) is 10. The molecule has 3 aliphatic carbocycles. The summed E-state index contributed by atoms with van der Waals surface area (Å²) in [4.78, 5) is 52.8. The molecular formula is C29H36O10. The second kappa shape index (κ2) is 9.62. The van der Waals surface area contributed by atoms with Crippen LogP contribution in [0, 0.1) is 16.7 Å². The van der Waals surface area contributed by atoms with Crippen LogP contribution in [0.5, 0.6) is 0 Å². The normalized spacial score (nSPS) is 36.6. The third-order valence-corrected chi connectivity index (χ3v) is 9.35. The highest BCUT2D eigenvalue weighted by Gasteiger charge is 2.74. The Morgan fingerprint density at radius 1 is 1.08 bits per heavy atom. The molecule has 0 heterocycles. The lowest BCUT2D eigenvalue weighted by atomic mass is 9.51. The van der Waals surface area contributed by atoms with Crippen molar-refractivity contribution in [3.63, 3.8) is 0 Å². The summed E-state index contributed by atoms with van der Waals surface area (Å²) >= 11 is 0. The Balaban J connectivity index is 1.95. The second-order valence-electron chi connectivity index (χ2n) is 11.8. The Labute approximate surface area is 226 Å². The van der Waals surface area contributed by atoms with Gasteiger partial charge in [-0.3, -0.25) is 14.4 Å². The van der Waals surface area contributed by atoms with Crippen LogP contribution in [0.3, 0.4) is 0 Å². The molecule has 39 heavy (non-hydrogen) atoms. The molecule has 4 rings (SSSR count). The van der Waals surface area contributed by atoms with Crippen LogP contribution < -0.4 is 0 Å². The summed E-state index contributed by atoms with van der Waals surface area (Å²) in [5.41, 5.74) is -7.11. The summed E-state index contributed by atoms with van der Waals surface area (Å²) in [6.07, 6.45) is -5.28. The molecule has 10 nitrogen and oxygen atoms in total. The molecule has 212 valence electrons. The summed E-state index contributed by atoms with van der Waals surface area (Å²) in [7, 11) is 0. The van der Waals surface area contributed by atoms with Crippen molar-refractivity contribution in [2.75, 3.05) is 6.61 Å². The minimum Gasteiger partial charge on any atom is -0.463 e.